The standard InChI is InChI=1S/C39H55ClN4O5S/c1-27-6-5-8-31(22-42-16-17-43-18-19-48-26-35(43)24-42)36-13-10-32(36)23-44-15-4-3-7-29-20-34(40)12-9-33(29)25-49-38-14-11-30(21-37(38)44)39(45)41-50(46,47)28(27)2/h9,11-12,14,20-21,27-28,31-32,35-36H,3-8,10,13,15-19,22-26H2,1-2H3,(H,41,45)/t27-,28+,31+,32-,35+,36-/m0/s1. The van der Waals surface area contributed by atoms with Gasteiger partial charge in [0.2, 0.25) is 10.0 Å². The van der Waals surface area contributed by atoms with Crippen LogP contribution < -0.4 is 14.4 Å². The van der Waals surface area contributed by atoms with Crippen LogP contribution in [0, 0.1) is 23.7 Å². The van der Waals surface area contributed by atoms with Crippen molar-refractivity contribution < 1.29 is 22.7 Å². The third kappa shape index (κ3) is 8.15. The molecule has 3 fully saturated rings. The number of rotatable bonds is 2. The maximum Gasteiger partial charge on any atom is 0.264 e. The Bertz CT molecular complexity index is 1620. The summed E-state index contributed by atoms with van der Waals surface area (Å²) in [7, 11) is -3.87. The summed E-state index contributed by atoms with van der Waals surface area (Å²) in [5, 5.41) is 0.0563. The second kappa shape index (κ2) is 15.7. The van der Waals surface area contributed by atoms with E-state index >= 15 is 0 Å². The van der Waals surface area contributed by atoms with Crippen LogP contribution in [0.25, 0.3) is 0 Å². The van der Waals surface area contributed by atoms with Crippen molar-refractivity contribution in [1.82, 2.24) is 14.5 Å². The van der Waals surface area contributed by atoms with Crippen molar-refractivity contribution in [3.8, 4) is 5.75 Å². The van der Waals surface area contributed by atoms with Crippen molar-refractivity contribution in [2.24, 2.45) is 23.7 Å². The topological polar surface area (TPSA) is 91.4 Å². The molecule has 2 aromatic carbocycles. The third-order valence-electron chi connectivity index (χ3n) is 12.5. The first-order valence-electron chi connectivity index (χ1n) is 19.0. The molecule has 0 spiro atoms. The molecule has 0 radical (unpaired) electrons. The van der Waals surface area contributed by atoms with Crippen molar-refractivity contribution in [3.63, 3.8) is 0 Å². The van der Waals surface area contributed by atoms with Gasteiger partial charge in [0.15, 0.2) is 0 Å². The number of sulfonamides is 1. The minimum Gasteiger partial charge on any atom is -0.487 e. The molecule has 50 heavy (non-hydrogen) atoms. The first-order chi connectivity index (χ1) is 24.1. The summed E-state index contributed by atoms with van der Waals surface area (Å²) in [6, 6.07) is 11.9. The maximum atomic E-state index is 13.6. The molecule has 274 valence electrons. The van der Waals surface area contributed by atoms with Crippen LogP contribution >= 0.6 is 11.6 Å². The van der Waals surface area contributed by atoms with E-state index in [1.54, 1.807) is 13.0 Å². The first kappa shape index (κ1) is 36.0. The third-order valence-corrected chi connectivity index (χ3v) is 14.7. The highest BCUT2D eigenvalue weighted by atomic mass is 35.5. The Morgan fingerprint density at radius 3 is 2.64 bits per heavy atom. The van der Waals surface area contributed by atoms with Gasteiger partial charge in [-0.2, -0.15) is 0 Å². The number of fused-ring (bicyclic) bond motifs is 4. The van der Waals surface area contributed by atoms with Crippen LogP contribution in [-0.2, 0) is 27.8 Å². The van der Waals surface area contributed by atoms with Crippen molar-refractivity contribution in [3.05, 3.63) is 58.1 Å². The smallest absolute Gasteiger partial charge is 0.264 e. The highest BCUT2D eigenvalue weighted by Gasteiger charge is 2.40. The van der Waals surface area contributed by atoms with E-state index in [-0.39, 0.29) is 5.92 Å². The molecular weight excluding hydrogens is 672 g/mol. The summed E-state index contributed by atoms with van der Waals surface area (Å²) < 4.78 is 41.9. The second-order valence-corrected chi connectivity index (χ2v) is 18.1. The quantitative estimate of drug-likeness (QED) is 0.404. The van der Waals surface area contributed by atoms with Crippen LogP contribution in [-0.4, -0.2) is 94.4 Å². The molecule has 1 N–H and O–H groups in total. The Hall–Kier alpha value is -2.37. The molecule has 6 atom stereocenters. The number of anilines is 1. The molecule has 5 aliphatic rings. The number of hydrogen-bond donors (Lipinski definition) is 1. The lowest BCUT2D eigenvalue weighted by Crippen LogP contribution is -2.59. The Morgan fingerprint density at radius 2 is 1.80 bits per heavy atom. The minimum absolute atomic E-state index is 0.0666. The Kier molecular flexibility index (Phi) is 11.3. The molecule has 4 aliphatic heterocycles. The van der Waals surface area contributed by atoms with Gasteiger partial charge in [0.05, 0.1) is 24.2 Å². The van der Waals surface area contributed by atoms with E-state index in [1.165, 1.54) is 18.4 Å². The molecule has 0 unspecified atom stereocenters. The lowest BCUT2D eigenvalue weighted by atomic mass is 9.65. The number of morpholine rings is 1. The van der Waals surface area contributed by atoms with Crippen LogP contribution in [0.15, 0.2) is 36.4 Å². The van der Waals surface area contributed by atoms with Gasteiger partial charge < -0.3 is 19.3 Å². The number of benzene rings is 2. The highest BCUT2D eigenvalue weighted by molar-refractivity contribution is 7.90. The predicted molar refractivity (Wildman–Crippen MR) is 199 cm³/mol. The molecule has 2 aromatic rings. The summed E-state index contributed by atoms with van der Waals surface area (Å²) in [4.78, 5) is 21.3. The lowest BCUT2D eigenvalue weighted by Gasteiger charge is -2.48. The zero-order valence-electron chi connectivity index (χ0n) is 29.8. The number of aryl methyl sites for hydroxylation is 1. The normalized spacial score (nSPS) is 31.4. The van der Waals surface area contributed by atoms with Crippen molar-refractivity contribution in [2.45, 2.75) is 83.1 Å². The van der Waals surface area contributed by atoms with E-state index in [0.717, 1.165) is 120 Å². The van der Waals surface area contributed by atoms with E-state index in [4.69, 9.17) is 21.1 Å². The monoisotopic (exact) mass is 726 g/mol. The fourth-order valence-corrected chi connectivity index (χ4v) is 10.6. The van der Waals surface area contributed by atoms with E-state index < -0.39 is 21.2 Å². The SMILES string of the molecule is C[C@@H]1[C@@H](C)CCC[C@H](CN2CCN3CCOC[C@H]3C2)[C@@H]2CC[C@H]2CN2CCCCc3cc(Cl)ccc3COc3ccc(cc32)C(=O)NS1(=O)=O. The molecule has 9 nitrogen and oxygen atoms in total. The second-order valence-electron chi connectivity index (χ2n) is 15.7. The van der Waals surface area contributed by atoms with Gasteiger partial charge in [0, 0.05) is 62.4 Å². The van der Waals surface area contributed by atoms with Gasteiger partial charge in [0.25, 0.3) is 5.91 Å². The average molecular weight is 727 g/mol. The number of amides is 1. The number of carbonyl (C=O) groups is 1. The summed E-state index contributed by atoms with van der Waals surface area (Å²) in [6.45, 7) is 13.0. The first-order valence-corrected chi connectivity index (χ1v) is 21.0. The Labute approximate surface area is 304 Å². The Morgan fingerprint density at radius 1 is 0.920 bits per heavy atom. The van der Waals surface area contributed by atoms with Crippen LogP contribution in [0.3, 0.4) is 0 Å². The van der Waals surface area contributed by atoms with Gasteiger partial charge in [-0.05, 0) is 117 Å². The van der Waals surface area contributed by atoms with E-state index in [0.29, 0.717) is 36.0 Å². The van der Waals surface area contributed by atoms with Crippen molar-refractivity contribution in [2.75, 3.05) is 63.9 Å². The molecule has 1 saturated carbocycles. The highest BCUT2D eigenvalue weighted by Crippen LogP contribution is 2.45. The number of ether oxygens (including phenoxy) is 2. The average Bonchev–Trinajstić information content (AvgIpc) is 3.12. The van der Waals surface area contributed by atoms with Crippen LogP contribution in [0.4, 0.5) is 5.69 Å². The van der Waals surface area contributed by atoms with Gasteiger partial charge in [-0.3, -0.25) is 9.69 Å². The van der Waals surface area contributed by atoms with Crippen LogP contribution in [0.5, 0.6) is 5.75 Å². The van der Waals surface area contributed by atoms with Crippen LogP contribution in [0.1, 0.15) is 80.3 Å². The summed E-state index contributed by atoms with van der Waals surface area (Å²) >= 11 is 6.40. The number of nitrogens with zero attached hydrogens (tertiary/aromatic N) is 3. The van der Waals surface area contributed by atoms with Gasteiger partial charge in [-0.25, -0.2) is 13.1 Å². The van der Waals surface area contributed by atoms with Gasteiger partial charge >= 0.3 is 0 Å². The van der Waals surface area contributed by atoms with Gasteiger partial charge in [-0.15, -0.1) is 0 Å². The fraction of sp³-hybridized carbons (Fsp3) is 0.667. The summed E-state index contributed by atoms with van der Waals surface area (Å²) in [5.41, 5.74) is 3.53. The summed E-state index contributed by atoms with van der Waals surface area (Å²) in [6.07, 6.45) is 8.27. The number of hydrogen-bond acceptors (Lipinski definition) is 8. The predicted octanol–water partition coefficient (Wildman–Crippen LogP) is 5.99. The molecule has 0 aromatic heterocycles. The Balaban J connectivity index is 1.19. The molecule has 11 heteroatoms. The van der Waals surface area contributed by atoms with Gasteiger partial charge in [-0.1, -0.05) is 31.0 Å². The zero-order valence-corrected chi connectivity index (χ0v) is 31.4. The summed E-state index contributed by atoms with van der Waals surface area (Å²) in [5.74, 6) is 1.79. The number of nitrogens with one attached hydrogen (secondary N) is 1. The number of piperazine rings is 1. The fourth-order valence-electron chi connectivity index (χ4n) is 9.08. The molecule has 2 saturated heterocycles. The molecule has 7 rings (SSSR count). The van der Waals surface area contributed by atoms with Crippen molar-refractivity contribution >= 4 is 33.2 Å². The number of halogens is 1. The molecular formula is C39H55ClN4O5S. The molecule has 1 amide bonds. The van der Waals surface area contributed by atoms with E-state index in [9.17, 15) is 13.2 Å². The van der Waals surface area contributed by atoms with Crippen molar-refractivity contribution in [1.29, 1.82) is 0 Å². The van der Waals surface area contributed by atoms with E-state index in [2.05, 4.69) is 25.5 Å². The van der Waals surface area contributed by atoms with E-state index in [1.807, 2.05) is 31.2 Å². The number of carbonyl (C=O) groups excluding carboxylic acids is 1. The maximum absolute atomic E-state index is 13.6. The lowest BCUT2D eigenvalue weighted by molar-refractivity contribution is -0.0519. The van der Waals surface area contributed by atoms with Gasteiger partial charge in [0.1, 0.15) is 12.4 Å². The zero-order chi connectivity index (χ0) is 34.8. The molecule has 4 heterocycles. The minimum atomic E-state index is -3.87. The molecule has 2 bridgehead atoms. The molecule has 1 aliphatic carbocycles. The largest absolute Gasteiger partial charge is 0.487 e. The van der Waals surface area contributed by atoms with Crippen LogP contribution in [0.2, 0.25) is 5.02 Å².